The van der Waals surface area contributed by atoms with Crippen molar-refractivity contribution in [2.24, 2.45) is 0 Å². The van der Waals surface area contributed by atoms with Crippen LogP contribution in [0.4, 0.5) is 0 Å². The lowest BCUT2D eigenvalue weighted by atomic mass is 9.90. The van der Waals surface area contributed by atoms with Crippen molar-refractivity contribution >= 4 is 0 Å². The molecule has 1 aliphatic heterocycles. The molecule has 96 valence electrons. The van der Waals surface area contributed by atoms with Gasteiger partial charge in [-0.15, -0.1) is 0 Å². The van der Waals surface area contributed by atoms with Crippen LogP contribution in [0.1, 0.15) is 44.9 Å². The average molecular weight is 237 g/mol. The Morgan fingerprint density at radius 1 is 0.765 bits per heavy atom. The Hall–Kier alpha value is -0.380. The Morgan fingerprint density at radius 3 is 1.82 bits per heavy atom. The van der Waals surface area contributed by atoms with Crippen LogP contribution in [0.5, 0.6) is 0 Å². The number of nitrogens with zero attached hydrogens (tertiary/aromatic N) is 1. The zero-order valence-electron chi connectivity index (χ0n) is 10.4. The number of hydrogen-bond donors (Lipinski definition) is 2. The minimum Gasteiger partial charge on any atom is -0.390 e. The molecule has 1 heterocycles. The summed E-state index contributed by atoms with van der Waals surface area (Å²) in [6.45, 7) is 2.49. The lowest BCUT2D eigenvalue weighted by Crippen LogP contribution is -2.38. The number of piperidine rings is 1. The van der Waals surface area contributed by atoms with Gasteiger partial charge in [-0.25, -0.2) is 0 Å². The topological polar surface area (TPSA) is 43.7 Å². The zero-order chi connectivity index (χ0) is 11.8. The van der Waals surface area contributed by atoms with Gasteiger partial charge in [0, 0.05) is 6.04 Å². The predicted molar refractivity (Wildman–Crippen MR) is 66.7 cm³/mol. The summed E-state index contributed by atoms with van der Waals surface area (Å²) in [7, 11) is 0. The van der Waals surface area contributed by atoms with Gasteiger partial charge in [0.1, 0.15) is 0 Å². The Kier molecular flexibility index (Phi) is 3.24. The summed E-state index contributed by atoms with van der Waals surface area (Å²) in [4.78, 5) is 2.63. The molecule has 0 spiro atoms. The third-order valence-electron chi connectivity index (χ3n) is 4.73. The summed E-state index contributed by atoms with van der Waals surface area (Å²) in [6, 6.07) is 0.665. The first-order valence-corrected chi connectivity index (χ1v) is 7.04. The fraction of sp³-hybridized carbons (Fsp3) is 0.857. The second kappa shape index (κ2) is 4.71. The summed E-state index contributed by atoms with van der Waals surface area (Å²) in [5, 5.41) is 19.4. The van der Waals surface area contributed by atoms with Gasteiger partial charge in [0.25, 0.3) is 0 Å². The number of aliphatic hydroxyl groups excluding tert-OH is 2. The van der Waals surface area contributed by atoms with Gasteiger partial charge in [0.05, 0.1) is 12.2 Å². The average Bonchev–Trinajstić information content (AvgIpc) is 2.74. The number of rotatable bonds is 1. The van der Waals surface area contributed by atoms with Crippen LogP contribution in [0.3, 0.4) is 0 Å². The molecular formula is C14H23NO2. The van der Waals surface area contributed by atoms with Crippen LogP contribution >= 0.6 is 0 Å². The van der Waals surface area contributed by atoms with Gasteiger partial charge in [0.15, 0.2) is 0 Å². The minimum atomic E-state index is -0.520. The molecule has 2 aliphatic carbocycles. The van der Waals surface area contributed by atoms with Crippen LogP contribution in [0.25, 0.3) is 0 Å². The first-order chi connectivity index (χ1) is 8.24. The fourth-order valence-corrected chi connectivity index (χ4v) is 3.70. The van der Waals surface area contributed by atoms with Crippen molar-refractivity contribution in [1.29, 1.82) is 0 Å². The molecule has 0 aromatic carbocycles. The molecule has 2 N–H and O–H groups in total. The van der Waals surface area contributed by atoms with Crippen molar-refractivity contribution in [3.63, 3.8) is 0 Å². The molecule has 0 saturated carbocycles. The molecule has 3 aliphatic rings. The quantitative estimate of drug-likeness (QED) is 0.678. The molecule has 17 heavy (non-hydrogen) atoms. The van der Waals surface area contributed by atoms with Crippen LogP contribution in [-0.2, 0) is 0 Å². The summed E-state index contributed by atoms with van der Waals surface area (Å²) in [5.74, 6) is 0. The molecule has 0 bridgehead atoms. The molecule has 3 nitrogen and oxygen atoms in total. The SMILES string of the molecule is O[C@H]1CC2=C(CC(N3CCCCC3)C2)C[C@@H]1O. The van der Waals surface area contributed by atoms with E-state index in [2.05, 4.69) is 4.90 Å². The Bertz CT molecular complexity index is 298. The second-order valence-corrected chi connectivity index (χ2v) is 5.91. The van der Waals surface area contributed by atoms with Crippen molar-refractivity contribution in [1.82, 2.24) is 4.90 Å². The van der Waals surface area contributed by atoms with Gasteiger partial charge in [-0.05, 0) is 51.6 Å². The molecule has 1 fully saturated rings. The van der Waals surface area contributed by atoms with Crippen molar-refractivity contribution in [2.75, 3.05) is 13.1 Å². The van der Waals surface area contributed by atoms with Crippen LogP contribution < -0.4 is 0 Å². The van der Waals surface area contributed by atoms with E-state index in [0.29, 0.717) is 18.9 Å². The largest absolute Gasteiger partial charge is 0.390 e. The summed E-state index contributed by atoms with van der Waals surface area (Å²) >= 11 is 0. The molecule has 0 aromatic heterocycles. The van der Waals surface area contributed by atoms with E-state index in [-0.39, 0.29) is 0 Å². The Morgan fingerprint density at radius 2 is 1.29 bits per heavy atom. The first kappa shape index (κ1) is 11.7. The minimum absolute atomic E-state index is 0.520. The highest BCUT2D eigenvalue weighted by Gasteiger charge is 2.35. The third-order valence-corrected chi connectivity index (χ3v) is 4.73. The zero-order valence-corrected chi connectivity index (χ0v) is 10.4. The van der Waals surface area contributed by atoms with Crippen LogP contribution in [0.2, 0.25) is 0 Å². The highest BCUT2D eigenvalue weighted by Crippen LogP contribution is 2.39. The monoisotopic (exact) mass is 237 g/mol. The van der Waals surface area contributed by atoms with Gasteiger partial charge in [0.2, 0.25) is 0 Å². The molecule has 0 aromatic rings. The van der Waals surface area contributed by atoms with E-state index in [0.717, 1.165) is 12.8 Å². The standard InChI is InChI=1S/C14H23NO2/c16-13-8-10-6-12(7-11(10)9-14(13)17)15-4-2-1-3-5-15/h12-14,16-17H,1-9H2/t13-,14-/m0/s1. The fourth-order valence-electron chi connectivity index (χ4n) is 3.70. The second-order valence-electron chi connectivity index (χ2n) is 5.91. The molecule has 3 heteroatoms. The van der Waals surface area contributed by atoms with E-state index >= 15 is 0 Å². The van der Waals surface area contributed by atoms with Crippen molar-refractivity contribution in [3.05, 3.63) is 11.1 Å². The summed E-state index contributed by atoms with van der Waals surface area (Å²) in [5.41, 5.74) is 2.89. The molecule has 1 saturated heterocycles. The van der Waals surface area contributed by atoms with Crippen LogP contribution in [0, 0.1) is 0 Å². The number of aliphatic hydroxyl groups is 2. The normalized spacial score (nSPS) is 36.4. The van der Waals surface area contributed by atoms with Gasteiger partial charge in [-0.3, -0.25) is 4.90 Å². The van der Waals surface area contributed by atoms with E-state index in [9.17, 15) is 10.2 Å². The predicted octanol–water partition coefficient (Wildman–Crippen LogP) is 1.45. The number of hydrogen-bond acceptors (Lipinski definition) is 3. The lowest BCUT2D eigenvalue weighted by molar-refractivity contribution is 0.0144. The maximum Gasteiger partial charge on any atom is 0.0839 e. The van der Waals surface area contributed by atoms with Gasteiger partial charge < -0.3 is 10.2 Å². The van der Waals surface area contributed by atoms with Gasteiger partial charge >= 0.3 is 0 Å². The maximum atomic E-state index is 9.72. The molecule has 0 unspecified atom stereocenters. The van der Waals surface area contributed by atoms with E-state index in [1.807, 2.05) is 0 Å². The van der Waals surface area contributed by atoms with Crippen LogP contribution in [0.15, 0.2) is 11.1 Å². The molecule has 2 atom stereocenters. The van der Waals surface area contributed by atoms with Crippen molar-refractivity contribution in [2.45, 2.75) is 63.2 Å². The Balaban J connectivity index is 1.64. The molecule has 3 rings (SSSR count). The van der Waals surface area contributed by atoms with Gasteiger partial charge in [-0.2, -0.15) is 0 Å². The van der Waals surface area contributed by atoms with Crippen molar-refractivity contribution < 1.29 is 10.2 Å². The molecule has 0 amide bonds. The Labute approximate surface area is 103 Å². The van der Waals surface area contributed by atoms with E-state index < -0.39 is 12.2 Å². The third kappa shape index (κ3) is 2.28. The molecule has 0 radical (unpaired) electrons. The summed E-state index contributed by atoms with van der Waals surface area (Å²) < 4.78 is 0. The van der Waals surface area contributed by atoms with Crippen LogP contribution in [-0.4, -0.2) is 46.5 Å². The highest BCUT2D eigenvalue weighted by molar-refractivity contribution is 5.27. The summed E-state index contributed by atoms with van der Waals surface area (Å²) in [6.07, 6.45) is 6.72. The van der Waals surface area contributed by atoms with Crippen molar-refractivity contribution in [3.8, 4) is 0 Å². The smallest absolute Gasteiger partial charge is 0.0839 e. The number of likely N-dealkylation sites (tertiary alicyclic amines) is 1. The lowest BCUT2D eigenvalue weighted by Gasteiger charge is -2.32. The first-order valence-electron chi connectivity index (χ1n) is 7.04. The van der Waals surface area contributed by atoms with E-state index in [4.69, 9.17) is 0 Å². The van der Waals surface area contributed by atoms with E-state index in [1.54, 1.807) is 0 Å². The molecular weight excluding hydrogens is 214 g/mol. The highest BCUT2D eigenvalue weighted by atomic mass is 16.3. The van der Waals surface area contributed by atoms with E-state index in [1.165, 1.54) is 43.5 Å². The maximum absolute atomic E-state index is 9.72. The van der Waals surface area contributed by atoms with Gasteiger partial charge in [-0.1, -0.05) is 17.6 Å².